The molecule has 1 aliphatic carbocycles. The van der Waals surface area contributed by atoms with Crippen molar-refractivity contribution >= 4 is 40.7 Å². The van der Waals surface area contributed by atoms with Crippen molar-refractivity contribution in [2.24, 2.45) is 16.6 Å². The summed E-state index contributed by atoms with van der Waals surface area (Å²) >= 11 is 11.9. The van der Waals surface area contributed by atoms with Gasteiger partial charge in [-0.15, -0.1) is 0 Å². The lowest BCUT2D eigenvalue weighted by atomic mass is 10.1. The first kappa shape index (κ1) is 20.1. The van der Waals surface area contributed by atoms with Crippen LogP contribution in [-0.4, -0.2) is 30.6 Å². The lowest BCUT2D eigenvalue weighted by molar-refractivity contribution is -0.132. The summed E-state index contributed by atoms with van der Waals surface area (Å²) in [6, 6.07) is 2.75. The van der Waals surface area contributed by atoms with Gasteiger partial charge < -0.3 is 20.9 Å². The third-order valence-electron chi connectivity index (χ3n) is 3.73. The molecule has 0 spiro atoms. The number of nitrogens with two attached hydrogens (primary N) is 1. The molecule has 0 bridgehead atoms. The van der Waals surface area contributed by atoms with Gasteiger partial charge in [0.15, 0.2) is 11.6 Å². The van der Waals surface area contributed by atoms with Crippen LogP contribution >= 0.6 is 23.2 Å². The molecule has 4 N–H and O–H groups in total. The molecule has 0 aromatic heterocycles. The van der Waals surface area contributed by atoms with Crippen molar-refractivity contribution in [3.63, 3.8) is 0 Å². The molecule has 0 radical (unpaired) electrons. The summed E-state index contributed by atoms with van der Waals surface area (Å²) in [7, 11) is 1.26. The maximum Gasteiger partial charge on any atom is 0.354 e. The Morgan fingerprint density at radius 1 is 1.54 bits per heavy atom. The summed E-state index contributed by atoms with van der Waals surface area (Å²) in [6.07, 6.45) is 2.13. The maximum absolute atomic E-state index is 14.5. The van der Waals surface area contributed by atoms with Gasteiger partial charge in [0.1, 0.15) is 16.6 Å². The van der Waals surface area contributed by atoms with Gasteiger partial charge in [-0.25, -0.2) is 9.18 Å². The van der Waals surface area contributed by atoms with Crippen LogP contribution in [0.25, 0.3) is 5.70 Å². The van der Waals surface area contributed by atoms with Crippen LogP contribution in [0.15, 0.2) is 34.4 Å². The molecule has 2 rings (SSSR count). The van der Waals surface area contributed by atoms with Crippen LogP contribution in [0.5, 0.6) is 5.75 Å². The Balaban J connectivity index is 2.29. The zero-order valence-corrected chi connectivity index (χ0v) is 15.5. The second-order valence-electron chi connectivity index (χ2n) is 5.71. The molecular weight excluding hydrogens is 384 g/mol. The number of hydrogen-bond acceptors (Lipinski definition) is 4. The van der Waals surface area contributed by atoms with E-state index in [2.05, 4.69) is 16.9 Å². The molecule has 140 valence electrons. The molecule has 6 nitrogen and oxygen atoms in total. The van der Waals surface area contributed by atoms with Crippen LogP contribution in [0.2, 0.25) is 5.02 Å². The van der Waals surface area contributed by atoms with Gasteiger partial charge >= 0.3 is 5.97 Å². The summed E-state index contributed by atoms with van der Waals surface area (Å²) in [5.41, 5.74) is 5.22. The van der Waals surface area contributed by atoms with E-state index in [1.807, 2.05) is 0 Å². The summed E-state index contributed by atoms with van der Waals surface area (Å²) < 4.78 is 19.4. The standard InChI is InChI=1S/C17H18Cl2FN3O3/c1-8(10-5-6-11(18)15(26-2)13(10)20)23-14(17(24)25)12(19)16(21)22-7-9-3-4-9/h5-6,9,23H,1,3-4,7H2,2H3,(H2,21,22)(H,24,25). The number of aliphatic imine (C=N–C) groups is 1. The average Bonchev–Trinajstić information content (AvgIpc) is 3.41. The number of ether oxygens (including phenoxy) is 1. The molecule has 0 atom stereocenters. The van der Waals surface area contributed by atoms with E-state index in [1.54, 1.807) is 0 Å². The van der Waals surface area contributed by atoms with Gasteiger partial charge in [0, 0.05) is 17.8 Å². The highest BCUT2D eigenvalue weighted by atomic mass is 35.5. The van der Waals surface area contributed by atoms with E-state index in [4.69, 9.17) is 33.7 Å². The molecule has 1 saturated carbocycles. The van der Waals surface area contributed by atoms with Crippen molar-refractivity contribution in [1.29, 1.82) is 0 Å². The van der Waals surface area contributed by atoms with Crippen molar-refractivity contribution in [2.75, 3.05) is 13.7 Å². The monoisotopic (exact) mass is 401 g/mol. The number of rotatable bonds is 8. The minimum atomic E-state index is -1.39. The van der Waals surface area contributed by atoms with Gasteiger partial charge in [-0.05, 0) is 30.9 Å². The molecule has 1 aromatic rings. The number of carboxylic acids is 1. The van der Waals surface area contributed by atoms with Gasteiger partial charge in [0.2, 0.25) is 0 Å². The number of carbonyl (C=O) groups is 1. The Kier molecular flexibility index (Phi) is 6.50. The van der Waals surface area contributed by atoms with Gasteiger partial charge in [-0.1, -0.05) is 29.8 Å². The minimum Gasteiger partial charge on any atom is -0.492 e. The fourth-order valence-electron chi connectivity index (χ4n) is 2.10. The molecule has 1 aliphatic rings. The number of nitrogens with one attached hydrogen (secondary N) is 1. The SMILES string of the molecule is C=C(NC(C(=O)O)=C(Cl)C(N)=NCC1CC1)c1ccc(Cl)c(OC)c1F. The van der Waals surface area contributed by atoms with Crippen LogP contribution in [0.4, 0.5) is 4.39 Å². The third kappa shape index (κ3) is 4.68. The fourth-order valence-corrected chi connectivity index (χ4v) is 2.51. The maximum atomic E-state index is 14.5. The zero-order chi connectivity index (χ0) is 19.4. The fraction of sp³-hybridized carbons (Fsp3) is 0.294. The average molecular weight is 402 g/mol. The predicted octanol–water partition coefficient (Wildman–Crippen LogP) is 3.35. The normalized spacial score (nSPS) is 15.3. The quantitative estimate of drug-likeness (QED) is 0.352. The number of amidine groups is 1. The molecule has 1 fully saturated rings. The number of carboxylic acid groups (broad SMARTS) is 1. The Morgan fingerprint density at radius 3 is 2.73 bits per heavy atom. The number of aliphatic carboxylic acids is 1. The van der Waals surface area contributed by atoms with E-state index in [-0.39, 0.29) is 32.9 Å². The molecule has 0 heterocycles. The molecule has 0 unspecified atom stereocenters. The van der Waals surface area contributed by atoms with Gasteiger partial charge in [-0.3, -0.25) is 4.99 Å². The van der Waals surface area contributed by atoms with E-state index in [9.17, 15) is 14.3 Å². The molecule has 9 heteroatoms. The minimum absolute atomic E-state index is 0.0250. The topological polar surface area (TPSA) is 96.9 Å². The second kappa shape index (κ2) is 8.42. The van der Waals surface area contributed by atoms with Crippen LogP contribution in [0, 0.1) is 11.7 Å². The number of halogens is 3. The highest BCUT2D eigenvalue weighted by Crippen LogP contribution is 2.32. The van der Waals surface area contributed by atoms with E-state index in [0.717, 1.165) is 12.8 Å². The Hall–Kier alpha value is -2.25. The zero-order valence-electron chi connectivity index (χ0n) is 14.0. The largest absolute Gasteiger partial charge is 0.492 e. The van der Waals surface area contributed by atoms with E-state index in [1.165, 1.54) is 19.2 Å². The number of benzene rings is 1. The van der Waals surface area contributed by atoms with Crippen molar-refractivity contribution in [3.05, 3.63) is 45.8 Å². The second-order valence-corrected chi connectivity index (χ2v) is 6.49. The molecule has 0 amide bonds. The highest BCUT2D eigenvalue weighted by Gasteiger charge is 2.23. The van der Waals surface area contributed by atoms with Gasteiger partial charge in [-0.2, -0.15) is 0 Å². The van der Waals surface area contributed by atoms with Crippen LogP contribution in [0.1, 0.15) is 18.4 Å². The summed E-state index contributed by atoms with van der Waals surface area (Å²) in [6.45, 7) is 4.14. The summed E-state index contributed by atoms with van der Waals surface area (Å²) in [5, 5.41) is 11.7. The van der Waals surface area contributed by atoms with Crippen molar-refractivity contribution in [3.8, 4) is 5.75 Å². The van der Waals surface area contributed by atoms with Crippen LogP contribution in [-0.2, 0) is 4.79 Å². The van der Waals surface area contributed by atoms with Crippen molar-refractivity contribution in [1.82, 2.24) is 5.32 Å². The Bertz CT molecular complexity index is 805. The molecular formula is C17H18Cl2FN3O3. The lowest BCUT2D eigenvalue weighted by Crippen LogP contribution is -2.25. The predicted molar refractivity (Wildman–Crippen MR) is 99.9 cm³/mol. The molecule has 0 saturated heterocycles. The molecule has 0 aliphatic heterocycles. The first-order valence-electron chi connectivity index (χ1n) is 7.67. The first-order valence-corrected chi connectivity index (χ1v) is 8.43. The van der Waals surface area contributed by atoms with Crippen LogP contribution < -0.4 is 15.8 Å². The lowest BCUT2D eigenvalue weighted by Gasteiger charge is -2.15. The highest BCUT2D eigenvalue weighted by molar-refractivity contribution is 6.44. The smallest absolute Gasteiger partial charge is 0.354 e. The van der Waals surface area contributed by atoms with Crippen molar-refractivity contribution < 1.29 is 19.0 Å². The van der Waals surface area contributed by atoms with Crippen LogP contribution in [0.3, 0.4) is 0 Å². The Labute approximate surface area is 160 Å². The van der Waals surface area contributed by atoms with E-state index in [0.29, 0.717) is 12.5 Å². The third-order valence-corrected chi connectivity index (χ3v) is 4.41. The number of hydrogen-bond donors (Lipinski definition) is 3. The molecule has 1 aromatic carbocycles. The summed E-state index contributed by atoms with van der Waals surface area (Å²) in [4.78, 5) is 15.6. The van der Waals surface area contributed by atoms with Crippen molar-refractivity contribution in [2.45, 2.75) is 12.8 Å². The van der Waals surface area contributed by atoms with Gasteiger partial charge in [0.25, 0.3) is 0 Å². The summed E-state index contributed by atoms with van der Waals surface area (Å²) in [5.74, 6) is -1.99. The van der Waals surface area contributed by atoms with E-state index >= 15 is 0 Å². The van der Waals surface area contributed by atoms with Gasteiger partial charge in [0.05, 0.1) is 12.1 Å². The number of methoxy groups -OCH3 is 1. The molecule has 26 heavy (non-hydrogen) atoms. The van der Waals surface area contributed by atoms with E-state index < -0.39 is 17.5 Å². The Morgan fingerprint density at radius 2 is 2.19 bits per heavy atom. The first-order chi connectivity index (χ1) is 12.3. The number of nitrogens with zero attached hydrogens (tertiary/aromatic N) is 1.